The highest BCUT2D eigenvalue weighted by Gasteiger charge is 2.24. The molecule has 0 bridgehead atoms. The minimum absolute atomic E-state index is 0.00902. The molecule has 28 heavy (non-hydrogen) atoms. The molecule has 2 rings (SSSR count). The molecule has 0 spiro atoms. The van der Waals surface area contributed by atoms with Crippen LogP contribution in [-0.2, 0) is 21.4 Å². The molecule has 0 aliphatic rings. The zero-order chi connectivity index (χ0) is 20.9. The summed E-state index contributed by atoms with van der Waals surface area (Å²) in [6.45, 7) is 3.53. The summed E-state index contributed by atoms with van der Waals surface area (Å²) < 4.78 is 45.4. The van der Waals surface area contributed by atoms with Crippen molar-refractivity contribution in [1.29, 1.82) is 5.26 Å². The first-order valence-corrected chi connectivity index (χ1v) is 10.2. The van der Waals surface area contributed by atoms with E-state index in [1.807, 2.05) is 6.07 Å². The van der Waals surface area contributed by atoms with E-state index in [2.05, 4.69) is 0 Å². The maximum absolute atomic E-state index is 13.8. The van der Waals surface area contributed by atoms with Crippen molar-refractivity contribution in [1.82, 2.24) is 4.31 Å². The smallest absolute Gasteiger partial charge is 0.340 e. The molecule has 0 aliphatic carbocycles. The van der Waals surface area contributed by atoms with Crippen LogP contribution in [0.2, 0.25) is 5.02 Å². The van der Waals surface area contributed by atoms with Crippen LogP contribution in [0.1, 0.15) is 35.3 Å². The highest BCUT2D eigenvalue weighted by Crippen LogP contribution is 2.24. The Morgan fingerprint density at radius 1 is 1.21 bits per heavy atom. The average Bonchev–Trinajstić information content (AvgIpc) is 2.68. The molecule has 0 aliphatic heterocycles. The Morgan fingerprint density at radius 2 is 1.89 bits per heavy atom. The number of hydrogen-bond donors (Lipinski definition) is 0. The van der Waals surface area contributed by atoms with Gasteiger partial charge in [-0.25, -0.2) is 17.6 Å². The molecule has 0 atom stereocenters. The van der Waals surface area contributed by atoms with Gasteiger partial charge in [-0.05, 0) is 36.4 Å². The molecule has 0 heterocycles. The van der Waals surface area contributed by atoms with Crippen LogP contribution in [0.15, 0.2) is 41.3 Å². The lowest BCUT2D eigenvalue weighted by atomic mass is 10.1. The van der Waals surface area contributed by atoms with E-state index < -0.39 is 28.4 Å². The number of carbonyl (C=O) groups is 1. The van der Waals surface area contributed by atoms with E-state index >= 15 is 0 Å². The Balaban J connectivity index is 2.28. The predicted molar refractivity (Wildman–Crippen MR) is 102 cm³/mol. The van der Waals surface area contributed by atoms with E-state index in [-0.39, 0.29) is 39.7 Å². The molecule has 0 saturated carbocycles. The molecule has 9 heteroatoms. The fourth-order valence-electron chi connectivity index (χ4n) is 2.51. The van der Waals surface area contributed by atoms with E-state index in [1.54, 1.807) is 13.8 Å². The minimum atomic E-state index is -3.79. The molecule has 0 saturated heterocycles. The van der Waals surface area contributed by atoms with E-state index in [0.29, 0.717) is 0 Å². The molecule has 2 aromatic rings. The summed E-state index contributed by atoms with van der Waals surface area (Å²) in [5, 5.41) is 8.89. The van der Waals surface area contributed by atoms with Crippen molar-refractivity contribution in [3.05, 3.63) is 63.9 Å². The average molecular weight is 425 g/mol. The predicted octanol–water partition coefficient (Wildman–Crippen LogP) is 3.74. The second kappa shape index (κ2) is 9.15. The van der Waals surface area contributed by atoms with E-state index in [1.165, 1.54) is 28.6 Å². The molecule has 0 fully saturated rings. The number of nitriles is 1. The van der Waals surface area contributed by atoms with Gasteiger partial charge in [0.15, 0.2) is 0 Å². The van der Waals surface area contributed by atoms with Crippen molar-refractivity contribution >= 4 is 27.6 Å². The molecular formula is C19H18ClFN2O4S. The van der Waals surface area contributed by atoms with Gasteiger partial charge in [0.1, 0.15) is 12.4 Å². The standard InChI is InChI=1S/C19H18ClFN2O4S/c1-3-23(4-2)28(25,26)15-6-7-17(20)16(10-15)19(24)27-12-14-9-13(11-22)5-8-18(14)21/h5-10H,3-4,12H2,1-2H3. The van der Waals surface area contributed by atoms with Gasteiger partial charge in [0, 0.05) is 18.7 Å². The summed E-state index contributed by atoms with van der Waals surface area (Å²) in [4.78, 5) is 12.3. The van der Waals surface area contributed by atoms with Crippen LogP contribution in [0.25, 0.3) is 0 Å². The highest BCUT2D eigenvalue weighted by atomic mass is 35.5. The quantitative estimate of drug-likeness (QED) is 0.632. The zero-order valence-corrected chi connectivity index (χ0v) is 16.8. The summed E-state index contributed by atoms with van der Waals surface area (Å²) in [6, 6.07) is 9.29. The maximum Gasteiger partial charge on any atom is 0.340 e. The van der Waals surface area contributed by atoms with Crippen LogP contribution in [0, 0.1) is 17.1 Å². The summed E-state index contributed by atoms with van der Waals surface area (Å²) in [6.07, 6.45) is 0. The Morgan fingerprint density at radius 3 is 2.50 bits per heavy atom. The molecule has 6 nitrogen and oxygen atoms in total. The van der Waals surface area contributed by atoms with Crippen molar-refractivity contribution in [3.63, 3.8) is 0 Å². The third-order valence-electron chi connectivity index (χ3n) is 4.03. The Hall–Kier alpha value is -2.47. The molecular weight excluding hydrogens is 407 g/mol. The van der Waals surface area contributed by atoms with E-state index in [4.69, 9.17) is 21.6 Å². The van der Waals surface area contributed by atoms with Gasteiger partial charge in [0.25, 0.3) is 0 Å². The fourth-order valence-corrected chi connectivity index (χ4v) is 4.19. The van der Waals surface area contributed by atoms with Gasteiger partial charge in [-0.15, -0.1) is 0 Å². The number of esters is 1. The number of sulfonamides is 1. The molecule has 0 amide bonds. The summed E-state index contributed by atoms with van der Waals surface area (Å²) in [7, 11) is -3.79. The van der Waals surface area contributed by atoms with Crippen LogP contribution in [-0.4, -0.2) is 31.8 Å². The number of rotatable bonds is 7. The van der Waals surface area contributed by atoms with Crippen LogP contribution in [0.3, 0.4) is 0 Å². The van der Waals surface area contributed by atoms with Gasteiger partial charge in [0.05, 0.1) is 27.1 Å². The summed E-state index contributed by atoms with van der Waals surface area (Å²) >= 11 is 6.02. The van der Waals surface area contributed by atoms with Crippen molar-refractivity contribution in [2.45, 2.75) is 25.3 Å². The highest BCUT2D eigenvalue weighted by molar-refractivity contribution is 7.89. The number of nitrogens with zero attached hydrogens (tertiary/aromatic N) is 2. The van der Waals surface area contributed by atoms with Gasteiger partial charge in [-0.2, -0.15) is 9.57 Å². The van der Waals surface area contributed by atoms with Gasteiger partial charge >= 0.3 is 5.97 Å². The monoisotopic (exact) mass is 424 g/mol. The van der Waals surface area contributed by atoms with Crippen LogP contribution < -0.4 is 0 Å². The number of carbonyl (C=O) groups excluding carboxylic acids is 1. The summed E-state index contributed by atoms with van der Waals surface area (Å²) in [5.41, 5.74) is 0.0972. The Kier molecular flexibility index (Phi) is 7.13. The lowest BCUT2D eigenvalue weighted by Crippen LogP contribution is -2.30. The zero-order valence-electron chi connectivity index (χ0n) is 15.3. The van der Waals surface area contributed by atoms with Crippen molar-refractivity contribution in [2.24, 2.45) is 0 Å². The lowest BCUT2D eigenvalue weighted by Gasteiger charge is -2.19. The molecule has 2 aromatic carbocycles. The van der Waals surface area contributed by atoms with Gasteiger partial charge in [-0.1, -0.05) is 25.4 Å². The number of benzene rings is 2. The van der Waals surface area contributed by atoms with Crippen LogP contribution in [0.5, 0.6) is 0 Å². The maximum atomic E-state index is 13.8. The molecule has 0 unspecified atom stereocenters. The van der Waals surface area contributed by atoms with Crippen LogP contribution >= 0.6 is 11.6 Å². The molecule has 0 radical (unpaired) electrons. The van der Waals surface area contributed by atoms with Crippen molar-refractivity contribution in [3.8, 4) is 6.07 Å². The second-order valence-corrected chi connectivity index (χ2v) is 8.07. The largest absolute Gasteiger partial charge is 0.457 e. The first-order valence-electron chi connectivity index (χ1n) is 8.39. The van der Waals surface area contributed by atoms with E-state index in [9.17, 15) is 17.6 Å². The lowest BCUT2D eigenvalue weighted by molar-refractivity contribution is 0.0469. The third kappa shape index (κ3) is 4.68. The topological polar surface area (TPSA) is 87.5 Å². The Bertz CT molecular complexity index is 1030. The third-order valence-corrected chi connectivity index (χ3v) is 6.41. The van der Waals surface area contributed by atoms with Crippen molar-refractivity contribution < 1.29 is 22.3 Å². The summed E-state index contributed by atoms with van der Waals surface area (Å²) in [5.74, 6) is -1.53. The fraction of sp³-hybridized carbons (Fsp3) is 0.263. The van der Waals surface area contributed by atoms with Gasteiger partial charge < -0.3 is 4.74 Å². The van der Waals surface area contributed by atoms with Gasteiger partial charge in [0.2, 0.25) is 10.0 Å². The number of halogens is 2. The Labute approximate surface area is 168 Å². The van der Waals surface area contributed by atoms with Crippen molar-refractivity contribution in [2.75, 3.05) is 13.1 Å². The minimum Gasteiger partial charge on any atom is -0.457 e. The number of ether oxygens (including phenoxy) is 1. The number of hydrogen-bond acceptors (Lipinski definition) is 5. The second-order valence-electron chi connectivity index (χ2n) is 5.73. The molecule has 0 N–H and O–H groups in total. The van der Waals surface area contributed by atoms with E-state index in [0.717, 1.165) is 12.1 Å². The van der Waals surface area contributed by atoms with Crippen LogP contribution in [0.4, 0.5) is 4.39 Å². The molecule has 0 aromatic heterocycles. The first kappa shape index (κ1) is 21.8. The SMILES string of the molecule is CCN(CC)S(=O)(=O)c1ccc(Cl)c(C(=O)OCc2cc(C#N)ccc2F)c1. The first-order chi connectivity index (χ1) is 13.2. The molecule has 148 valence electrons. The normalized spacial score (nSPS) is 11.3. The van der Waals surface area contributed by atoms with Gasteiger partial charge in [-0.3, -0.25) is 0 Å².